The summed E-state index contributed by atoms with van der Waals surface area (Å²) in [4.78, 5) is 4.38. The van der Waals surface area contributed by atoms with Crippen molar-refractivity contribution in [2.24, 2.45) is 5.73 Å². The third-order valence-electron chi connectivity index (χ3n) is 2.46. The number of fused-ring (bicyclic) bond motifs is 1. The lowest BCUT2D eigenvalue weighted by atomic mass is 10.0. The van der Waals surface area contributed by atoms with E-state index in [1.165, 1.54) is 16.3 Å². The van der Waals surface area contributed by atoms with Crippen molar-refractivity contribution in [2.45, 2.75) is 19.9 Å². The Kier molecular flexibility index (Phi) is 2.22. The van der Waals surface area contributed by atoms with Crippen LogP contribution in [0.2, 0.25) is 0 Å². The van der Waals surface area contributed by atoms with Gasteiger partial charge in [0.1, 0.15) is 0 Å². The molecule has 0 saturated carbocycles. The number of nitrogens with zero attached hydrogens (tertiary/aromatic N) is 1. The summed E-state index contributed by atoms with van der Waals surface area (Å²) < 4.78 is 0. The van der Waals surface area contributed by atoms with Gasteiger partial charge in [-0.3, -0.25) is 4.98 Å². The van der Waals surface area contributed by atoms with Crippen LogP contribution in [0.1, 0.15) is 24.2 Å². The van der Waals surface area contributed by atoms with Crippen LogP contribution in [0.15, 0.2) is 30.5 Å². The summed E-state index contributed by atoms with van der Waals surface area (Å²) in [6.45, 7) is 4.03. The summed E-state index contributed by atoms with van der Waals surface area (Å²) in [5.74, 6) is 0. The van der Waals surface area contributed by atoms with Crippen molar-refractivity contribution in [2.75, 3.05) is 0 Å². The average molecular weight is 186 g/mol. The molecule has 0 bridgehead atoms. The first-order valence-corrected chi connectivity index (χ1v) is 4.80. The molecule has 0 aliphatic carbocycles. The van der Waals surface area contributed by atoms with Gasteiger partial charge in [0, 0.05) is 17.6 Å². The third kappa shape index (κ3) is 1.38. The quantitative estimate of drug-likeness (QED) is 0.743. The zero-order valence-corrected chi connectivity index (χ0v) is 8.49. The number of aryl methyl sites for hydroxylation is 1. The first kappa shape index (κ1) is 9.16. The molecule has 2 N–H and O–H groups in total. The van der Waals surface area contributed by atoms with E-state index in [1.807, 2.05) is 25.3 Å². The van der Waals surface area contributed by atoms with Gasteiger partial charge in [-0.05, 0) is 24.8 Å². The molecular weight excluding hydrogens is 172 g/mol. The van der Waals surface area contributed by atoms with Gasteiger partial charge in [0.2, 0.25) is 0 Å². The summed E-state index contributed by atoms with van der Waals surface area (Å²) in [5, 5.41) is 2.41. The van der Waals surface area contributed by atoms with Gasteiger partial charge in [0.05, 0.1) is 5.69 Å². The van der Waals surface area contributed by atoms with Gasteiger partial charge < -0.3 is 5.73 Å². The summed E-state index contributed by atoms with van der Waals surface area (Å²) >= 11 is 0. The van der Waals surface area contributed by atoms with Crippen molar-refractivity contribution in [3.63, 3.8) is 0 Å². The summed E-state index contributed by atoms with van der Waals surface area (Å²) in [5.41, 5.74) is 8.04. The fraction of sp³-hybridized carbons (Fsp3) is 0.250. The Morgan fingerprint density at radius 2 is 1.86 bits per heavy atom. The van der Waals surface area contributed by atoms with Crippen molar-refractivity contribution < 1.29 is 0 Å². The van der Waals surface area contributed by atoms with Crippen LogP contribution in [0.4, 0.5) is 0 Å². The van der Waals surface area contributed by atoms with Crippen molar-refractivity contribution in [1.82, 2.24) is 4.98 Å². The molecule has 1 aromatic heterocycles. The normalized spacial score (nSPS) is 13.1. The third-order valence-corrected chi connectivity index (χ3v) is 2.46. The van der Waals surface area contributed by atoms with Crippen molar-refractivity contribution in [3.8, 4) is 0 Å². The molecular formula is C12H14N2. The minimum Gasteiger partial charge on any atom is -0.323 e. The fourth-order valence-corrected chi connectivity index (χ4v) is 1.72. The van der Waals surface area contributed by atoms with Gasteiger partial charge in [-0.1, -0.05) is 24.3 Å². The fourth-order valence-electron chi connectivity index (χ4n) is 1.72. The number of nitrogens with two attached hydrogens (primary N) is 1. The van der Waals surface area contributed by atoms with E-state index in [4.69, 9.17) is 5.73 Å². The molecule has 2 rings (SSSR count). The zero-order valence-electron chi connectivity index (χ0n) is 8.49. The highest BCUT2D eigenvalue weighted by Crippen LogP contribution is 2.23. The number of benzene rings is 1. The van der Waals surface area contributed by atoms with E-state index in [0.29, 0.717) is 0 Å². The van der Waals surface area contributed by atoms with E-state index >= 15 is 0 Å². The molecule has 2 aromatic rings. The maximum atomic E-state index is 5.87. The predicted molar refractivity (Wildman–Crippen MR) is 59.1 cm³/mol. The molecule has 0 fully saturated rings. The first-order valence-electron chi connectivity index (χ1n) is 4.80. The molecule has 1 atom stereocenters. The molecule has 1 aromatic carbocycles. The van der Waals surface area contributed by atoms with Crippen LogP contribution in [-0.4, -0.2) is 4.98 Å². The van der Waals surface area contributed by atoms with Crippen molar-refractivity contribution in [1.29, 1.82) is 0 Å². The molecule has 2 heteroatoms. The van der Waals surface area contributed by atoms with Crippen LogP contribution < -0.4 is 5.73 Å². The number of aromatic nitrogens is 1. The van der Waals surface area contributed by atoms with Crippen molar-refractivity contribution in [3.05, 3.63) is 41.7 Å². The molecule has 0 radical (unpaired) electrons. The molecule has 72 valence electrons. The summed E-state index contributed by atoms with van der Waals surface area (Å²) in [6, 6.07) is 8.24. The maximum absolute atomic E-state index is 5.87. The van der Waals surface area contributed by atoms with E-state index in [2.05, 4.69) is 24.0 Å². The smallest absolute Gasteiger partial charge is 0.0646 e. The highest BCUT2D eigenvalue weighted by Gasteiger charge is 2.07. The molecule has 0 spiro atoms. The summed E-state index contributed by atoms with van der Waals surface area (Å²) in [7, 11) is 0. The van der Waals surface area contributed by atoms with Crippen LogP contribution in [-0.2, 0) is 0 Å². The van der Waals surface area contributed by atoms with E-state index in [1.54, 1.807) is 0 Å². The molecule has 14 heavy (non-hydrogen) atoms. The van der Waals surface area contributed by atoms with Crippen LogP contribution in [0.3, 0.4) is 0 Å². The van der Waals surface area contributed by atoms with Crippen LogP contribution in [0.5, 0.6) is 0 Å². The second-order valence-corrected chi connectivity index (χ2v) is 3.66. The Balaban J connectivity index is 2.82. The topological polar surface area (TPSA) is 38.9 Å². The van der Waals surface area contributed by atoms with Crippen LogP contribution in [0.25, 0.3) is 10.8 Å². The summed E-state index contributed by atoms with van der Waals surface area (Å²) in [6.07, 6.45) is 1.89. The van der Waals surface area contributed by atoms with E-state index in [9.17, 15) is 0 Å². The Morgan fingerprint density at radius 1 is 1.21 bits per heavy atom. The molecule has 0 saturated heterocycles. The Bertz CT molecular complexity index is 461. The number of hydrogen-bond acceptors (Lipinski definition) is 2. The minimum absolute atomic E-state index is 0.0134. The van der Waals surface area contributed by atoms with E-state index in [0.717, 1.165) is 5.69 Å². The lowest BCUT2D eigenvalue weighted by Crippen LogP contribution is -2.08. The SMILES string of the molecule is Cc1cnc(C(C)N)c2ccccc12. The highest BCUT2D eigenvalue weighted by atomic mass is 14.8. The second-order valence-electron chi connectivity index (χ2n) is 3.66. The predicted octanol–water partition coefficient (Wildman–Crippen LogP) is 2.56. The Hall–Kier alpha value is -1.41. The Labute approximate surface area is 83.8 Å². The highest BCUT2D eigenvalue weighted by molar-refractivity contribution is 5.87. The largest absolute Gasteiger partial charge is 0.323 e. The monoisotopic (exact) mass is 186 g/mol. The molecule has 0 amide bonds. The first-order chi connectivity index (χ1) is 6.70. The number of rotatable bonds is 1. The molecule has 1 heterocycles. The van der Waals surface area contributed by atoms with Crippen molar-refractivity contribution >= 4 is 10.8 Å². The molecule has 0 aliphatic heterocycles. The second kappa shape index (κ2) is 3.39. The zero-order chi connectivity index (χ0) is 10.1. The van der Waals surface area contributed by atoms with Gasteiger partial charge in [0.25, 0.3) is 0 Å². The van der Waals surface area contributed by atoms with E-state index < -0.39 is 0 Å². The maximum Gasteiger partial charge on any atom is 0.0646 e. The number of pyridine rings is 1. The molecule has 1 unspecified atom stereocenters. The number of hydrogen-bond donors (Lipinski definition) is 1. The van der Waals surface area contributed by atoms with Gasteiger partial charge in [-0.25, -0.2) is 0 Å². The average Bonchev–Trinajstić information content (AvgIpc) is 2.18. The lowest BCUT2D eigenvalue weighted by molar-refractivity contribution is 0.790. The minimum atomic E-state index is -0.0134. The standard InChI is InChI=1S/C12H14N2/c1-8-7-14-12(9(2)13)11-6-4-3-5-10(8)11/h3-7,9H,13H2,1-2H3. The van der Waals surface area contributed by atoms with Gasteiger partial charge in [0.15, 0.2) is 0 Å². The van der Waals surface area contributed by atoms with Gasteiger partial charge >= 0.3 is 0 Å². The molecule has 0 aliphatic rings. The molecule has 2 nitrogen and oxygen atoms in total. The van der Waals surface area contributed by atoms with Crippen LogP contribution >= 0.6 is 0 Å². The van der Waals surface area contributed by atoms with Crippen LogP contribution in [0, 0.1) is 6.92 Å². The lowest BCUT2D eigenvalue weighted by Gasteiger charge is -2.10. The van der Waals surface area contributed by atoms with Gasteiger partial charge in [-0.15, -0.1) is 0 Å². The Morgan fingerprint density at radius 3 is 2.50 bits per heavy atom. The van der Waals surface area contributed by atoms with E-state index in [-0.39, 0.29) is 6.04 Å². The van der Waals surface area contributed by atoms with Gasteiger partial charge in [-0.2, -0.15) is 0 Å².